The summed E-state index contributed by atoms with van der Waals surface area (Å²) in [6, 6.07) is 5.34. The molecule has 1 atom stereocenters. The van der Waals surface area contributed by atoms with Crippen LogP contribution in [0.3, 0.4) is 0 Å². The van der Waals surface area contributed by atoms with E-state index < -0.39 is 12.0 Å². The van der Waals surface area contributed by atoms with E-state index in [0.29, 0.717) is 0 Å². The zero-order valence-corrected chi connectivity index (χ0v) is 17.8. The van der Waals surface area contributed by atoms with Crippen LogP contribution in [-0.4, -0.2) is 41.2 Å². The van der Waals surface area contributed by atoms with Crippen LogP contribution >= 0.6 is 0 Å². The van der Waals surface area contributed by atoms with Gasteiger partial charge in [-0.2, -0.15) is 0 Å². The molecule has 1 aromatic rings. The van der Waals surface area contributed by atoms with Gasteiger partial charge in [0.25, 0.3) is 0 Å². The topological polar surface area (TPSA) is 98.7 Å². The number of carboxylic acids is 1. The molecule has 0 fully saturated rings. The molecule has 1 amide bonds. The molecular formula is C23H38N2O4. The highest BCUT2D eigenvalue weighted by Crippen LogP contribution is 2.12. The predicted octanol–water partition coefficient (Wildman–Crippen LogP) is 4.01. The lowest BCUT2D eigenvalue weighted by atomic mass is 10.1. The average molecular weight is 407 g/mol. The zero-order chi connectivity index (χ0) is 21.3. The molecule has 0 radical (unpaired) electrons. The fraction of sp³-hybridized carbons (Fsp3) is 0.652. The van der Waals surface area contributed by atoms with Crippen LogP contribution in [0.4, 0.5) is 0 Å². The van der Waals surface area contributed by atoms with E-state index in [2.05, 4.69) is 17.6 Å². The first-order valence-corrected chi connectivity index (χ1v) is 11.0. The number of carbonyl (C=O) groups is 2. The van der Waals surface area contributed by atoms with Crippen LogP contribution in [0.25, 0.3) is 0 Å². The fourth-order valence-electron chi connectivity index (χ4n) is 3.25. The average Bonchev–Trinajstić information content (AvgIpc) is 2.70. The summed E-state index contributed by atoms with van der Waals surface area (Å²) in [4.78, 5) is 23.4. The molecule has 0 bridgehead atoms. The summed E-state index contributed by atoms with van der Waals surface area (Å²) in [5.41, 5.74) is 0.744. The van der Waals surface area contributed by atoms with Crippen molar-refractivity contribution in [2.75, 3.05) is 13.1 Å². The Morgan fingerprint density at radius 3 is 2.00 bits per heavy atom. The molecule has 0 aromatic heterocycles. The third kappa shape index (κ3) is 12.9. The van der Waals surface area contributed by atoms with Crippen LogP contribution in [0.1, 0.15) is 76.7 Å². The number of unbranched alkanes of at least 4 members (excludes halogenated alkanes) is 9. The molecule has 0 aliphatic rings. The van der Waals surface area contributed by atoms with E-state index in [0.717, 1.165) is 24.9 Å². The van der Waals surface area contributed by atoms with Gasteiger partial charge in [-0.25, -0.2) is 4.79 Å². The van der Waals surface area contributed by atoms with Gasteiger partial charge in [0, 0.05) is 6.42 Å². The van der Waals surface area contributed by atoms with Crippen molar-refractivity contribution in [1.82, 2.24) is 10.6 Å². The van der Waals surface area contributed by atoms with E-state index in [1.165, 1.54) is 63.5 Å². The van der Waals surface area contributed by atoms with Gasteiger partial charge < -0.3 is 20.8 Å². The summed E-state index contributed by atoms with van der Waals surface area (Å²) in [7, 11) is 0. The summed E-state index contributed by atoms with van der Waals surface area (Å²) >= 11 is 0. The third-order valence-corrected chi connectivity index (χ3v) is 5.00. The number of phenolic OH excluding ortho intramolecular Hbond substituents is 1. The van der Waals surface area contributed by atoms with E-state index >= 15 is 0 Å². The second-order valence-corrected chi connectivity index (χ2v) is 7.69. The summed E-state index contributed by atoms with van der Waals surface area (Å²) in [5, 5.41) is 24.3. The van der Waals surface area contributed by atoms with Crippen molar-refractivity contribution in [1.29, 1.82) is 0 Å². The minimum atomic E-state index is -1.07. The predicted molar refractivity (Wildman–Crippen MR) is 116 cm³/mol. The second kappa shape index (κ2) is 15.8. The molecule has 1 rings (SSSR count). The number of aromatic hydroxyl groups is 1. The minimum Gasteiger partial charge on any atom is -0.508 e. The standard InChI is InChI=1S/C23H38N2O4/c1-2-3-4-5-6-7-8-9-10-11-16-24-18-22(27)25-21(23(28)29)17-19-12-14-20(26)15-13-19/h12-15,21,24,26H,2-11,16-18H2,1H3,(H,25,27)(H,28,29)/t21-/m0/s1. The van der Waals surface area contributed by atoms with Crippen molar-refractivity contribution in [3.8, 4) is 5.75 Å². The maximum atomic E-state index is 12.0. The van der Waals surface area contributed by atoms with E-state index in [4.69, 9.17) is 0 Å². The first kappa shape index (κ1) is 25.0. The third-order valence-electron chi connectivity index (χ3n) is 5.00. The lowest BCUT2D eigenvalue weighted by Gasteiger charge is -2.15. The molecule has 4 N–H and O–H groups in total. The van der Waals surface area contributed by atoms with Gasteiger partial charge in [-0.1, -0.05) is 76.8 Å². The Balaban J connectivity index is 2.08. The molecular weight excluding hydrogens is 368 g/mol. The van der Waals surface area contributed by atoms with Crippen molar-refractivity contribution in [2.24, 2.45) is 0 Å². The highest BCUT2D eigenvalue weighted by atomic mass is 16.4. The van der Waals surface area contributed by atoms with Crippen LogP contribution < -0.4 is 10.6 Å². The quantitative estimate of drug-likeness (QED) is 0.293. The van der Waals surface area contributed by atoms with Crippen molar-refractivity contribution in [3.05, 3.63) is 29.8 Å². The first-order chi connectivity index (χ1) is 14.0. The smallest absolute Gasteiger partial charge is 0.326 e. The molecule has 6 heteroatoms. The van der Waals surface area contributed by atoms with Gasteiger partial charge in [0.05, 0.1) is 6.54 Å². The minimum absolute atomic E-state index is 0.122. The molecule has 0 spiro atoms. The van der Waals surface area contributed by atoms with Crippen LogP contribution in [0, 0.1) is 0 Å². The van der Waals surface area contributed by atoms with Gasteiger partial charge in [-0.3, -0.25) is 4.79 Å². The number of benzene rings is 1. The van der Waals surface area contributed by atoms with Gasteiger partial charge in [0.15, 0.2) is 0 Å². The maximum Gasteiger partial charge on any atom is 0.326 e. The van der Waals surface area contributed by atoms with E-state index in [1.54, 1.807) is 12.1 Å². The number of rotatable bonds is 17. The molecule has 164 valence electrons. The van der Waals surface area contributed by atoms with Crippen molar-refractivity contribution in [2.45, 2.75) is 83.6 Å². The Morgan fingerprint density at radius 1 is 0.897 bits per heavy atom. The summed E-state index contributed by atoms with van der Waals surface area (Å²) < 4.78 is 0. The SMILES string of the molecule is CCCCCCCCCCCCNCC(=O)N[C@@H](Cc1ccc(O)cc1)C(=O)O. The summed E-state index contributed by atoms with van der Waals surface area (Å²) in [6.45, 7) is 3.12. The van der Waals surface area contributed by atoms with E-state index in [9.17, 15) is 19.8 Å². The number of carboxylic acid groups (broad SMARTS) is 1. The van der Waals surface area contributed by atoms with Crippen LogP contribution in [0.15, 0.2) is 24.3 Å². The number of aliphatic carboxylic acids is 1. The molecule has 0 saturated carbocycles. The van der Waals surface area contributed by atoms with E-state index in [1.807, 2.05) is 0 Å². The maximum absolute atomic E-state index is 12.0. The summed E-state index contributed by atoms with van der Waals surface area (Å²) in [6.07, 6.45) is 12.9. The Morgan fingerprint density at radius 2 is 1.45 bits per heavy atom. The Labute approximate surface area is 175 Å². The van der Waals surface area contributed by atoms with Gasteiger partial charge in [-0.05, 0) is 30.7 Å². The monoisotopic (exact) mass is 406 g/mol. The van der Waals surface area contributed by atoms with Gasteiger partial charge >= 0.3 is 5.97 Å². The number of nitrogens with one attached hydrogen (secondary N) is 2. The number of hydrogen-bond donors (Lipinski definition) is 4. The largest absolute Gasteiger partial charge is 0.508 e. The van der Waals surface area contributed by atoms with Crippen LogP contribution in [0.5, 0.6) is 5.75 Å². The Kier molecular flexibility index (Phi) is 13.6. The second-order valence-electron chi connectivity index (χ2n) is 7.69. The molecule has 1 aromatic carbocycles. The molecule has 0 aliphatic heterocycles. The van der Waals surface area contributed by atoms with Gasteiger partial charge in [0.2, 0.25) is 5.91 Å². The number of amides is 1. The lowest BCUT2D eigenvalue weighted by molar-refractivity contribution is -0.141. The molecule has 0 saturated heterocycles. The summed E-state index contributed by atoms with van der Waals surface area (Å²) in [5.74, 6) is -1.26. The number of carbonyl (C=O) groups excluding carboxylic acids is 1. The molecule has 0 unspecified atom stereocenters. The Hall–Kier alpha value is -2.08. The van der Waals surface area contributed by atoms with E-state index in [-0.39, 0.29) is 24.6 Å². The highest BCUT2D eigenvalue weighted by molar-refractivity contribution is 5.84. The van der Waals surface area contributed by atoms with Gasteiger partial charge in [0.1, 0.15) is 11.8 Å². The normalized spacial score (nSPS) is 11.9. The van der Waals surface area contributed by atoms with Crippen LogP contribution in [0.2, 0.25) is 0 Å². The number of phenols is 1. The highest BCUT2D eigenvalue weighted by Gasteiger charge is 2.20. The van der Waals surface area contributed by atoms with Crippen molar-refractivity contribution >= 4 is 11.9 Å². The molecule has 0 heterocycles. The zero-order valence-electron chi connectivity index (χ0n) is 17.8. The first-order valence-electron chi connectivity index (χ1n) is 11.0. The van der Waals surface area contributed by atoms with Gasteiger partial charge in [-0.15, -0.1) is 0 Å². The lowest BCUT2D eigenvalue weighted by Crippen LogP contribution is -2.45. The van der Waals surface area contributed by atoms with Crippen molar-refractivity contribution in [3.63, 3.8) is 0 Å². The van der Waals surface area contributed by atoms with Crippen molar-refractivity contribution < 1.29 is 19.8 Å². The molecule has 6 nitrogen and oxygen atoms in total. The Bertz CT molecular complexity index is 575. The molecule has 0 aliphatic carbocycles. The van der Waals surface area contributed by atoms with Crippen LogP contribution in [-0.2, 0) is 16.0 Å². The fourth-order valence-corrected chi connectivity index (χ4v) is 3.25. The number of hydrogen-bond acceptors (Lipinski definition) is 4. The molecule has 29 heavy (non-hydrogen) atoms.